The second-order valence-corrected chi connectivity index (χ2v) is 9.20. The number of aryl methyl sites for hydroxylation is 4. The van der Waals surface area contributed by atoms with Gasteiger partial charge in [0.15, 0.2) is 5.78 Å². The Bertz CT molecular complexity index is 1020. The highest BCUT2D eigenvalue weighted by Gasteiger charge is 2.18. The summed E-state index contributed by atoms with van der Waals surface area (Å²) >= 11 is 3.21. The van der Waals surface area contributed by atoms with E-state index in [0.717, 1.165) is 57.6 Å². The van der Waals surface area contributed by atoms with Crippen molar-refractivity contribution in [3.8, 4) is 0 Å². The molecule has 0 atom stereocenters. The van der Waals surface area contributed by atoms with Crippen LogP contribution in [0.25, 0.3) is 10.2 Å². The minimum absolute atomic E-state index is 0.144. The summed E-state index contributed by atoms with van der Waals surface area (Å²) < 4.78 is 7.35. The lowest BCUT2D eigenvalue weighted by molar-refractivity contribution is 0.102. The van der Waals surface area contributed by atoms with E-state index in [0.29, 0.717) is 5.75 Å². The SMILES string of the molecule is COCCCn1c(C)cc(C(=O)CSc2nc(C)nc3sc(C)c(C)c23)c1C. The van der Waals surface area contributed by atoms with Crippen LogP contribution in [0.4, 0.5) is 0 Å². The van der Waals surface area contributed by atoms with Crippen molar-refractivity contribution in [3.05, 3.63) is 39.3 Å². The van der Waals surface area contributed by atoms with Crippen molar-refractivity contribution in [2.24, 2.45) is 0 Å². The fraction of sp³-hybridized carbons (Fsp3) is 0.476. The van der Waals surface area contributed by atoms with Crippen molar-refractivity contribution >= 4 is 39.1 Å². The van der Waals surface area contributed by atoms with Gasteiger partial charge in [-0.15, -0.1) is 11.3 Å². The molecule has 150 valence electrons. The van der Waals surface area contributed by atoms with E-state index in [1.54, 1.807) is 18.4 Å². The topological polar surface area (TPSA) is 57.0 Å². The molecular weight excluding hydrogens is 390 g/mol. The molecule has 3 aromatic heterocycles. The molecule has 3 rings (SSSR count). The summed E-state index contributed by atoms with van der Waals surface area (Å²) in [5.74, 6) is 1.27. The van der Waals surface area contributed by atoms with E-state index in [2.05, 4.69) is 35.3 Å². The predicted octanol–water partition coefficient (Wildman–Crippen LogP) is 5.05. The first-order valence-corrected chi connectivity index (χ1v) is 11.2. The average molecular weight is 418 g/mol. The number of ether oxygens (including phenoxy) is 1. The number of carbonyl (C=O) groups excluding carboxylic acids is 1. The number of fused-ring (bicyclic) bond motifs is 1. The molecule has 0 spiro atoms. The molecule has 0 aliphatic heterocycles. The van der Waals surface area contributed by atoms with Crippen LogP contribution in [0.15, 0.2) is 11.1 Å². The van der Waals surface area contributed by atoms with Crippen molar-refractivity contribution in [1.82, 2.24) is 14.5 Å². The van der Waals surface area contributed by atoms with Crippen molar-refractivity contribution in [1.29, 1.82) is 0 Å². The number of hydrogen-bond acceptors (Lipinski definition) is 6. The smallest absolute Gasteiger partial charge is 0.174 e. The summed E-state index contributed by atoms with van der Waals surface area (Å²) in [5.41, 5.74) is 4.17. The minimum atomic E-state index is 0.144. The summed E-state index contributed by atoms with van der Waals surface area (Å²) in [6, 6.07) is 2.01. The van der Waals surface area contributed by atoms with Gasteiger partial charge in [-0.3, -0.25) is 4.79 Å². The van der Waals surface area contributed by atoms with Crippen molar-refractivity contribution in [3.63, 3.8) is 0 Å². The Morgan fingerprint density at radius 1 is 1.21 bits per heavy atom. The van der Waals surface area contributed by atoms with Crippen LogP contribution in [0.3, 0.4) is 0 Å². The lowest BCUT2D eigenvalue weighted by atomic mass is 10.2. The lowest BCUT2D eigenvalue weighted by Crippen LogP contribution is -2.08. The zero-order chi connectivity index (χ0) is 20.4. The molecule has 7 heteroatoms. The molecule has 0 aliphatic rings. The lowest BCUT2D eigenvalue weighted by Gasteiger charge is -2.09. The maximum atomic E-state index is 12.9. The fourth-order valence-corrected chi connectivity index (χ4v) is 5.58. The van der Waals surface area contributed by atoms with Gasteiger partial charge in [0, 0.05) is 47.5 Å². The highest BCUT2D eigenvalue weighted by atomic mass is 32.2. The molecule has 0 aliphatic carbocycles. The van der Waals surface area contributed by atoms with E-state index < -0.39 is 0 Å². The third-order valence-corrected chi connectivity index (χ3v) is 7.13. The first kappa shape index (κ1) is 21.0. The summed E-state index contributed by atoms with van der Waals surface area (Å²) in [4.78, 5) is 24.4. The van der Waals surface area contributed by atoms with Crippen molar-refractivity contribution in [2.75, 3.05) is 19.5 Å². The largest absolute Gasteiger partial charge is 0.385 e. The second kappa shape index (κ2) is 8.76. The number of Topliss-reactive ketones (excluding diaryl/α,β-unsaturated/α-hetero) is 1. The maximum absolute atomic E-state index is 12.9. The first-order valence-electron chi connectivity index (χ1n) is 9.39. The number of carbonyl (C=O) groups is 1. The van der Waals surface area contributed by atoms with Crippen LogP contribution in [-0.2, 0) is 11.3 Å². The molecule has 3 aromatic rings. The molecule has 0 unspecified atom stereocenters. The molecule has 0 saturated heterocycles. The first-order chi connectivity index (χ1) is 13.3. The number of rotatable bonds is 8. The van der Waals surface area contributed by atoms with Crippen molar-refractivity contribution < 1.29 is 9.53 Å². The number of hydrogen-bond donors (Lipinski definition) is 0. The summed E-state index contributed by atoms with van der Waals surface area (Å²) in [5, 5.41) is 2.00. The highest BCUT2D eigenvalue weighted by molar-refractivity contribution is 8.00. The molecule has 0 fully saturated rings. The van der Waals surface area contributed by atoms with Gasteiger partial charge in [0.1, 0.15) is 15.7 Å². The van der Waals surface area contributed by atoms with Gasteiger partial charge in [-0.25, -0.2) is 9.97 Å². The van der Waals surface area contributed by atoms with Crippen LogP contribution >= 0.6 is 23.1 Å². The van der Waals surface area contributed by atoms with Gasteiger partial charge in [-0.05, 0) is 52.7 Å². The maximum Gasteiger partial charge on any atom is 0.174 e. The molecular formula is C21H27N3O2S2. The molecule has 0 aromatic carbocycles. The number of aromatic nitrogens is 3. The van der Waals surface area contributed by atoms with Crippen LogP contribution in [0.5, 0.6) is 0 Å². The number of ketones is 1. The summed E-state index contributed by atoms with van der Waals surface area (Å²) in [7, 11) is 1.71. The third kappa shape index (κ3) is 4.16. The van der Waals surface area contributed by atoms with Crippen LogP contribution in [0, 0.1) is 34.6 Å². The molecule has 0 N–H and O–H groups in total. The Balaban J connectivity index is 1.80. The Hall–Kier alpha value is -1.70. The Morgan fingerprint density at radius 2 is 1.96 bits per heavy atom. The van der Waals surface area contributed by atoms with Gasteiger partial charge in [-0.1, -0.05) is 11.8 Å². The van der Waals surface area contributed by atoms with Gasteiger partial charge in [-0.2, -0.15) is 0 Å². The molecule has 28 heavy (non-hydrogen) atoms. The molecule has 0 amide bonds. The molecule has 0 radical (unpaired) electrons. The molecule has 3 heterocycles. The van der Waals surface area contributed by atoms with Crippen LogP contribution in [0.2, 0.25) is 0 Å². The van der Waals surface area contributed by atoms with Crippen molar-refractivity contribution in [2.45, 2.75) is 52.6 Å². The monoisotopic (exact) mass is 417 g/mol. The van der Waals surface area contributed by atoms with E-state index in [9.17, 15) is 4.79 Å². The Labute approximate surface area is 174 Å². The van der Waals surface area contributed by atoms with Gasteiger partial charge in [0.2, 0.25) is 0 Å². The van der Waals surface area contributed by atoms with Gasteiger partial charge < -0.3 is 9.30 Å². The van der Waals surface area contributed by atoms with Crippen LogP contribution < -0.4 is 0 Å². The van der Waals surface area contributed by atoms with Crippen LogP contribution in [-0.4, -0.2) is 39.8 Å². The zero-order valence-electron chi connectivity index (χ0n) is 17.4. The molecule has 0 saturated carbocycles. The predicted molar refractivity (Wildman–Crippen MR) is 117 cm³/mol. The number of thiophene rings is 1. The van der Waals surface area contributed by atoms with E-state index in [4.69, 9.17) is 4.74 Å². The molecule has 5 nitrogen and oxygen atoms in total. The second-order valence-electron chi connectivity index (χ2n) is 7.03. The quantitative estimate of drug-likeness (QED) is 0.222. The van der Waals surface area contributed by atoms with E-state index in [1.165, 1.54) is 22.2 Å². The number of methoxy groups -OCH3 is 1. The Kier molecular flexibility index (Phi) is 6.58. The van der Waals surface area contributed by atoms with Gasteiger partial charge in [0.25, 0.3) is 0 Å². The van der Waals surface area contributed by atoms with E-state index in [-0.39, 0.29) is 5.78 Å². The average Bonchev–Trinajstić information content (AvgIpc) is 3.09. The third-order valence-electron chi connectivity index (χ3n) is 5.05. The minimum Gasteiger partial charge on any atom is -0.385 e. The summed E-state index contributed by atoms with van der Waals surface area (Å²) in [6.07, 6.45) is 0.935. The number of nitrogens with zero attached hydrogens (tertiary/aromatic N) is 3. The highest BCUT2D eigenvalue weighted by Crippen LogP contribution is 2.35. The Morgan fingerprint density at radius 3 is 2.68 bits per heavy atom. The van der Waals surface area contributed by atoms with Gasteiger partial charge >= 0.3 is 0 Å². The molecule has 0 bridgehead atoms. The number of thioether (sulfide) groups is 1. The van der Waals surface area contributed by atoms with Crippen LogP contribution in [0.1, 0.15) is 44.4 Å². The summed E-state index contributed by atoms with van der Waals surface area (Å²) in [6.45, 7) is 11.8. The zero-order valence-corrected chi connectivity index (χ0v) is 19.0. The normalized spacial score (nSPS) is 11.5. The van der Waals surface area contributed by atoms with Gasteiger partial charge in [0.05, 0.1) is 5.75 Å². The fourth-order valence-electron chi connectivity index (χ4n) is 3.43. The standard InChI is InChI=1S/C21H27N3O2S2/c1-12-10-17(14(3)24(12)8-7-9-26-6)18(25)11-27-20-19-13(2)15(4)28-21(19)23-16(5)22-20/h10H,7-9,11H2,1-6H3. The van der Waals surface area contributed by atoms with E-state index >= 15 is 0 Å². The van der Waals surface area contributed by atoms with E-state index in [1.807, 2.05) is 19.9 Å².